The molecule has 8 heteroatoms. The predicted octanol–water partition coefficient (Wildman–Crippen LogP) is 1.48. The van der Waals surface area contributed by atoms with Crippen molar-refractivity contribution in [3.63, 3.8) is 0 Å². The Kier molecular flexibility index (Phi) is 4.75. The highest BCUT2D eigenvalue weighted by atomic mass is 16.5. The first-order chi connectivity index (χ1) is 14.0. The lowest BCUT2D eigenvalue weighted by Crippen LogP contribution is -2.40. The fourth-order valence-electron chi connectivity index (χ4n) is 3.69. The molecule has 0 aromatic heterocycles. The number of anilines is 2. The van der Waals surface area contributed by atoms with E-state index < -0.39 is 17.9 Å². The zero-order chi connectivity index (χ0) is 20.5. The standard InChI is InChI=1S/C21H20N4O4/c1-29-21(28)14-7-8-17-13(11-14)9-10-24(17)20(27)16-12-18(19(22)26)25(23-16)15-5-3-2-4-6-15/h2-8,11,18H,9-10,12H2,1H3,(H2,22,26). The van der Waals surface area contributed by atoms with Crippen LogP contribution in [0.3, 0.4) is 0 Å². The minimum atomic E-state index is -0.708. The van der Waals surface area contributed by atoms with Crippen molar-refractivity contribution in [2.75, 3.05) is 23.6 Å². The number of hydrogen-bond donors (Lipinski definition) is 1. The number of para-hydroxylation sites is 1. The molecule has 0 bridgehead atoms. The third kappa shape index (κ3) is 3.33. The Hall–Kier alpha value is -3.68. The van der Waals surface area contributed by atoms with Gasteiger partial charge in [0.05, 0.1) is 18.4 Å². The van der Waals surface area contributed by atoms with E-state index in [-0.39, 0.29) is 18.0 Å². The zero-order valence-corrected chi connectivity index (χ0v) is 15.9. The maximum Gasteiger partial charge on any atom is 0.337 e. The SMILES string of the molecule is COC(=O)c1ccc2c(c1)CCN2C(=O)C1=NN(c2ccccc2)C(C(N)=O)C1. The fraction of sp³-hybridized carbons (Fsp3) is 0.238. The van der Waals surface area contributed by atoms with Gasteiger partial charge in [0.15, 0.2) is 0 Å². The summed E-state index contributed by atoms with van der Waals surface area (Å²) in [6.07, 6.45) is 0.774. The number of hydrazone groups is 1. The number of fused-ring (bicyclic) bond motifs is 1. The van der Waals surface area contributed by atoms with Crippen LogP contribution in [-0.2, 0) is 20.7 Å². The van der Waals surface area contributed by atoms with Gasteiger partial charge in [-0.05, 0) is 42.3 Å². The quantitative estimate of drug-likeness (QED) is 0.794. The van der Waals surface area contributed by atoms with E-state index in [4.69, 9.17) is 10.5 Å². The van der Waals surface area contributed by atoms with Gasteiger partial charge in [-0.2, -0.15) is 5.10 Å². The molecule has 0 fully saturated rings. The van der Waals surface area contributed by atoms with Gasteiger partial charge >= 0.3 is 5.97 Å². The molecule has 2 aromatic carbocycles. The minimum absolute atomic E-state index is 0.148. The summed E-state index contributed by atoms with van der Waals surface area (Å²) in [5, 5.41) is 5.93. The average Bonchev–Trinajstić information content (AvgIpc) is 3.37. The Labute approximate surface area is 167 Å². The molecule has 1 unspecified atom stereocenters. The highest BCUT2D eigenvalue weighted by molar-refractivity contribution is 6.45. The lowest BCUT2D eigenvalue weighted by molar-refractivity contribution is -0.119. The van der Waals surface area contributed by atoms with Crippen LogP contribution in [0.25, 0.3) is 0 Å². The second kappa shape index (κ2) is 7.38. The van der Waals surface area contributed by atoms with Gasteiger partial charge in [-0.1, -0.05) is 18.2 Å². The van der Waals surface area contributed by atoms with Gasteiger partial charge in [0, 0.05) is 18.7 Å². The third-order valence-corrected chi connectivity index (χ3v) is 5.15. The molecule has 2 aliphatic heterocycles. The largest absolute Gasteiger partial charge is 0.465 e. The molecule has 148 valence electrons. The van der Waals surface area contributed by atoms with E-state index in [0.717, 1.165) is 11.3 Å². The highest BCUT2D eigenvalue weighted by Gasteiger charge is 2.38. The van der Waals surface area contributed by atoms with Crippen LogP contribution in [0.15, 0.2) is 53.6 Å². The molecule has 29 heavy (non-hydrogen) atoms. The molecule has 4 rings (SSSR count). The molecule has 0 spiro atoms. The number of carbonyl (C=O) groups excluding carboxylic acids is 3. The smallest absolute Gasteiger partial charge is 0.337 e. The number of carbonyl (C=O) groups is 3. The number of ether oxygens (including phenoxy) is 1. The van der Waals surface area contributed by atoms with E-state index in [1.165, 1.54) is 12.1 Å². The Bertz CT molecular complexity index is 1020. The number of rotatable bonds is 4. The second-order valence-electron chi connectivity index (χ2n) is 6.89. The number of primary amides is 1. The Morgan fingerprint density at radius 2 is 1.90 bits per heavy atom. The molecule has 0 radical (unpaired) electrons. The molecule has 2 aromatic rings. The van der Waals surface area contributed by atoms with Crippen LogP contribution in [0.2, 0.25) is 0 Å². The van der Waals surface area contributed by atoms with E-state index in [9.17, 15) is 14.4 Å². The lowest BCUT2D eigenvalue weighted by Gasteiger charge is -2.20. The topological polar surface area (TPSA) is 105 Å². The minimum Gasteiger partial charge on any atom is -0.465 e. The Balaban J connectivity index is 1.61. The number of methoxy groups -OCH3 is 1. The summed E-state index contributed by atoms with van der Waals surface area (Å²) in [4.78, 5) is 38.5. The van der Waals surface area contributed by atoms with Crippen LogP contribution in [0.1, 0.15) is 22.3 Å². The van der Waals surface area contributed by atoms with Gasteiger partial charge in [-0.25, -0.2) is 4.79 Å². The third-order valence-electron chi connectivity index (χ3n) is 5.15. The Morgan fingerprint density at radius 3 is 2.59 bits per heavy atom. The molecular weight excluding hydrogens is 372 g/mol. The number of amides is 2. The number of esters is 1. The van der Waals surface area contributed by atoms with E-state index in [2.05, 4.69) is 5.10 Å². The van der Waals surface area contributed by atoms with Crippen molar-refractivity contribution < 1.29 is 19.1 Å². The average molecular weight is 392 g/mol. The first kappa shape index (κ1) is 18.7. The molecule has 0 aliphatic carbocycles. The molecule has 2 aliphatic rings. The number of hydrogen-bond acceptors (Lipinski definition) is 6. The highest BCUT2D eigenvalue weighted by Crippen LogP contribution is 2.31. The molecule has 1 atom stereocenters. The van der Waals surface area contributed by atoms with Crippen molar-refractivity contribution in [2.45, 2.75) is 18.9 Å². The summed E-state index contributed by atoms with van der Waals surface area (Å²) in [5.41, 5.74) is 8.61. The molecule has 8 nitrogen and oxygen atoms in total. The van der Waals surface area contributed by atoms with Crippen LogP contribution in [0.4, 0.5) is 11.4 Å². The fourth-order valence-corrected chi connectivity index (χ4v) is 3.69. The molecular formula is C21H20N4O4. The van der Waals surface area contributed by atoms with Gasteiger partial charge in [0.2, 0.25) is 5.91 Å². The molecule has 2 N–H and O–H groups in total. The number of nitrogens with two attached hydrogens (primary N) is 1. The number of nitrogens with zero attached hydrogens (tertiary/aromatic N) is 3. The van der Waals surface area contributed by atoms with E-state index in [0.29, 0.717) is 24.2 Å². The van der Waals surface area contributed by atoms with Crippen molar-refractivity contribution in [3.8, 4) is 0 Å². The second-order valence-corrected chi connectivity index (χ2v) is 6.89. The first-order valence-electron chi connectivity index (χ1n) is 9.24. The molecule has 2 heterocycles. The summed E-state index contributed by atoms with van der Waals surface area (Å²) in [6.45, 7) is 0.477. The maximum atomic E-state index is 13.2. The van der Waals surface area contributed by atoms with Crippen LogP contribution in [0, 0.1) is 0 Å². The zero-order valence-electron chi connectivity index (χ0n) is 15.9. The van der Waals surface area contributed by atoms with Crippen molar-refractivity contribution in [3.05, 3.63) is 59.7 Å². The summed E-state index contributed by atoms with van der Waals surface area (Å²) in [6, 6.07) is 13.6. The summed E-state index contributed by atoms with van der Waals surface area (Å²) in [5.74, 6) is -1.22. The van der Waals surface area contributed by atoms with Gasteiger partial charge in [-0.3, -0.25) is 14.6 Å². The van der Waals surface area contributed by atoms with E-state index >= 15 is 0 Å². The van der Waals surface area contributed by atoms with Crippen molar-refractivity contribution in [1.29, 1.82) is 0 Å². The summed E-state index contributed by atoms with van der Waals surface area (Å²) < 4.78 is 4.75. The van der Waals surface area contributed by atoms with Gasteiger partial charge in [-0.15, -0.1) is 0 Å². The van der Waals surface area contributed by atoms with Crippen LogP contribution >= 0.6 is 0 Å². The molecule has 0 saturated heterocycles. The van der Waals surface area contributed by atoms with Gasteiger partial charge in [0.1, 0.15) is 11.8 Å². The normalized spacial score (nSPS) is 17.7. The van der Waals surface area contributed by atoms with Crippen molar-refractivity contribution >= 4 is 34.9 Å². The van der Waals surface area contributed by atoms with Crippen molar-refractivity contribution in [2.24, 2.45) is 10.8 Å². The number of benzene rings is 2. The summed E-state index contributed by atoms with van der Waals surface area (Å²) >= 11 is 0. The van der Waals surface area contributed by atoms with E-state index in [1.807, 2.05) is 30.3 Å². The van der Waals surface area contributed by atoms with Gasteiger partial charge < -0.3 is 15.4 Å². The maximum absolute atomic E-state index is 13.2. The van der Waals surface area contributed by atoms with Crippen LogP contribution in [0.5, 0.6) is 0 Å². The lowest BCUT2D eigenvalue weighted by atomic mass is 10.1. The van der Waals surface area contributed by atoms with Gasteiger partial charge in [0.25, 0.3) is 5.91 Å². The molecule has 0 saturated carbocycles. The predicted molar refractivity (Wildman–Crippen MR) is 108 cm³/mol. The van der Waals surface area contributed by atoms with Crippen LogP contribution in [-0.4, -0.2) is 43.2 Å². The Morgan fingerprint density at radius 1 is 1.14 bits per heavy atom. The summed E-state index contributed by atoms with van der Waals surface area (Å²) in [7, 11) is 1.33. The van der Waals surface area contributed by atoms with E-state index in [1.54, 1.807) is 23.1 Å². The first-order valence-corrected chi connectivity index (χ1v) is 9.24. The molecule has 2 amide bonds. The van der Waals surface area contributed by atoms with Crippen LogP contribution < -0.4 is 15.6 Å². The monoisotopic (exact) mass is 392 g/mol. The van der Waals surface area contributed by atoms with Crippen molar-refractivity contribution in [1.82, 2.24) is 0 Å².